The number of rotatable bonds is 5. The van der Waals surface area contributed by atoms with Gasteiger partial charge in [-0.3, -0.25) is 9.59 Å². The third-order valence-corrected chi connectivity index (χ3v) is 8.41. The molecule has 8 nitrogen and oxygen atoms in total. The van der Waals surface area contributed by atoms with E-state index in [9.17, 15) is 31.2 Å². The molecule has 206 valence electrons. The van der Waals surface area contributed by atoms with E-state index in [1.165, 1.54) is 49.6 Å². The summed E-state index contributed by atoms with van der Waals surface area (Å²) in [5.41, 5.74) is -1.69. The maximum atomic E-state index is 13.9. The molecule has 1 amide bonds. The standard InChI is InChI=1S/C26H22ClF3N2O6S/c1-37-17-10-12-18(13-11-17)39(35,36)32-14-16-6-3-4-9-21(16)31(15-22(32)25(34)38-2)24(33)23-19(26(28,29)30)7-5-8-20(23)27/h3-13,22H,14-15H2,1-2H3. The van der Waals surface area contributed by atoms with Gasteiger partial charge in [-0.25, -0.2) is 8.42 Å². The number of hydrogen-bond donors (Lipinski definition) is 0. The van der Waals surface area contributed by atoms with Crippen LogP contribution in [0.25, 0.3) is 0 Å². The van der Waals surface area contributed by atoms with Crippen molar-refractivity contribution in [3.63, 3.8) is 0 Å². The van der Waals surface area contributed by atoms with E-state index in [0.717, 1.165) is 34.5 Å². The number of halogens is 4. The van der Waals surface area contributed by atoms with Crippen LogP contribution in [0.15, 0.2) is 71.6 Å². The first-order valence-electron chi connectivity index (χ1n) is 11.4. The highest BCUT2D eigenvalue weighted by molar-refractivity contribution is 7.89. The number of nitrogens with zero attached hydrogens (tertiary/aromatic N) is 2. The Morgan fingerprint density at radius 3 is 2.26 bits per heavy atom. The maximum absolute atomic E-state index is 13.9. The Morgan fingerprint density at radius 2 is 1.64 bits per heavy atom. The number of amides is 1. The lowest BCUT2D eigenvalue weighted by atomic mass is 10.0. The molecular weight excluding hydrogens is 561 g/mol. The van der Waals surface area contributed by atoms with Crippen molar-refractivity contribution in [3.8, 4) is 5.75 Å². The summed E-state index contributed by atoms with van der Waals surface area (Å²) in [6.07, 6.45) is -4.91. The molecule has 4 rings (SSSR count). The van der Waals surface area contributed by atoms with E-state index in [2.05, 4.69) is 0 Å². The van der Waals surface area contributed by atoms with Crippen molar-refractivity contribution < 1.29 is 40.7 Å². The Labute approximate surface area is 227 Å². The summed E-state index contributed by atoms with van der Waals surface area (Å²) in [7, 11) is -1.92. The molecule has 3 aromatic carbocycles. The zero-order chi connectivity index (χ0) is 28.5. The monoisotopic (exact) mass is 582 g/mol. The Morgan fingerprint density at radius 1 is 0.974 bits per heavy atom. The molecule has 39 heavy (non-hydrogen) atoms. The topological polar surface area (TPSA) is 93.2 Å². The quantitative estimate of drug-likeness (QED) is 0.403. The largest absolute Gasteiger partial charge is 0.497 e. The van der Waals surface area contributed by atoms with Crippen molar-refractivity contribution in [2.45, 2.75) is 23.7 Å². The van der Waals surface area contributed by atoms with E-state index in [1.807, 2.05) is 0 Å². The van der Waals surface area contributed by atoms with Gasteiger partial charge in [0.1, 0.15) is 11.8 Å². The van der Waals surface area contributed by atoms with Gasteiger partial charge in [0.2, 0.25) is 10.0 Å². The first kappa shape index (κ1) is 28.4. The van der Waals surface area contributed by atoms with E-state index >= 15 is 0 Å². The number of para-hydroxylation sites is 1. The number of sulfonamides is 1. The van der Waals surface area contributed by atoms with Crippen molar-refractivity contribution in [1.82, 2.24) is 4.31 Å². The van der Waals surface area contributed by atoms with Crippen LogP contribution in [0.2, 0.25) is 5.02 Å². The fourth-order valence-electron chi connectivity index (χ4n) is 4.32. The predicted molar refractivity (Wildman–Crippen MR) is 136 cm³/mol. The minimum atomic E-state index is -4.91. The number of carbonyl (C=O) groups is 2. The summed E-state index contributed by atoms with van der Waals surface area (Å²) in [4.78, 5) is 27.5. The summed E-state index contributed by atoms with van der Waals surface area (Å²) in [5.74, 6) is -1.76. The first-order valence-corrected chi connectivity index (χ1v) is 13.2. The fraction of sp³-hybridized carbons (Fsp3) is 0.231. The molecule has 1 atom stereocenters. The van der Waals surface area contributed by atoms with E-state index in [-0.39, 0.29) is 22.7 Å². The lowest BCUT2D eigenvalue weighted by Crippen LogP contribution is -2.50. The molecule has 1 unspecified atom stereocenters. The fourth-order valence-corrected chi connectivity index (χ4v) is 6.12. The van der Waals surface area contributed by atoms with Crippen molar-refractivity contribution in [2.75, 3.05) is 25.7 Å². The maximum Gasteiger partial charge on any atom is 0.417 e. The van der Waals surface area contributed by atoms with Gasteiger partial charge in [-0.2, -0.15) is 17.5 Å². The molecule has 0 saturated carbocycles. The van der Waals surface area contributed by atoms with Gasteiger partial charge in [0.15, 0.2) is 0 Å². The highest BCUT2D eigenvalue weighted by Crippen LogP contribution is 2.38. The zero-order valence-corrected chi connectivity index (χ0v) is 22.2. The smallest absolute Gasteiger partial charge is 0.417 e. The summed E-state index contributed by atoms with van der Waals surface area (Å²) in [6, 6.07) is 12.9. The van der Waals surface area contributed by atoms with Crippen LogP contribution in [-0.4, -0.2) is 51.4 Å². The molecule has 1 aliphatic rings. The third-order valence-electron chi connectivity index (χ3n) is 6.23. The number of esters is 1. The average Bonchev–Trinajstić information content (AvgIpc) is 3.09. The van der Waals surface area contributed by atoms with Gasteiger partial charge >= 0.3 is 12.1 Å². The number of carbonyl (C=O) groups excluding carboxylic acids is 2. The minimum Gasteiger partial charge on any atom is -0.497 e. The molecule has 0 spiro atoms. The number of ether oxygens (including phenoxy) is 2. The van der Waals surface area contributed by atoms with Crippen LogP contribution >= 0.6 is 11.6 Å². The molecule has 0 saturated heterocycles. The molecule has 0 fully saturated rings. The number of fused-ring (bicyclic) bond motifs is 1. The molecule has 0 bridgehead atoms. The number of benzene rings is 3. The van der Waals surface area contributed by atoms with Crippen molar-refractivity contribution >= 4 is 39.2 Å². The highest BCUT2D eigenvalue weighted by Gasteiger charge is 2.44. The Kier molecular flexibility index (Phi) is 7.92. The summed E-state index contributed by atoms with van der Waals surface area (Å²) >= 11 is 6.09. The molecule has 0 radical (unpaired) electrons. The van der Waals surface area contributed by atoms with Gasteiger partial charge in [-0.1, -0.05) is 35.9 Å². The second-order valence-electron chi connectivity index (χ2n) is 8.47. The number of hydrogen-bond acceptors (Lipinski definition) is 6. The minimum absolute atomic E-state index is 0.122. The molecular formula is C26H22ClF3N2O6S. The SMILES string of the molecule is COC(=O)C1CN(C(=O)c2c(Cl)cccc2C(F)(F)F)c2ccccc2CN1S(=O)(=O)c1ccc(OC)cc1. The Hall–Kier alpha value is -3.61. The number of methoxy groups -OCH3 is 2. The van der Waals surface area contributed by atoms with Crippen LogP contribution in [0, 0.1) is 0 Å². The molecule has 13 heteroatoms. The normalized spacial score (nSPS) is 16.3. The van der Waals surface area contributed by atoms with Crippen LogP contribution in [-0.2, 0) is 32.3 Å². The molecule has 0 aliphatic carbocycles. The lowest BCUT2D eigenvalue weighted by molar-refractivity contribution is -0.145. The van der Waals surface area contributed by atoms with Crippen molar-refractivity contribution in [1.29, 1.82) is 0 Å². The summed E-state index contributed by atoms with van der Waals surface area (Å²) in [5, 5.41) is -0.450. The van der Waals surface area contributed by atoms with Gasteiger partial charge in [-0.05, 0) is 48.0 Å². The highest BCUT2D eigenvalue weighted by atomic mass is 35.5. The van der Waals surface area contributed by atoms with Crippen LogP contribution in [0.3, 0.4) is 0 Å². The lowest BCUT2D eigenvalue weighted by Gasteiger charge is -2.30. The summed E-state index contributed by atoms with van der Waals surface area (Å²) in [6.45, 7) is -1.01. The van der Waals surface area contributed by atoms with Gasteiger partial charge < -0.3 is 14.4 Å². The summed E-state index contributed by atoms with van der Waals surface area (Å²) < 4.78 is 79.9. The van der Waals surface area contributed by atoms with E-state index in [1.54, 1.807) is 6.07 Å². The third kappa shape index (κ3) is 5.45. The van der Waals surface area contributed by atoms with Crippen LogP contribution < -0.4 is 9.64 Å². The zero-order valence-electron chi connectivity index (χ0n) is 20.6. The van der Waals surface area contributed by atoms with Crippen LogP contribution in [0.1, 0.15) is 21.5 Å². The van der Waals surface area contributed by atoms with E-state index in [4.69, 9.17) is 21.1 Å². The van der Waals surface area contributed by atoms with Crippen LogP contribution in [0.4, 0.5) is 18.9 Å². The average molecular weight is 583 g/mol. The molecule has 1 aliphatic heterocycles. The molecule has 3 aromatic rings. The number of alkyl halides is 3. The van der Waals surface area contributed by atoms with Gasteiger partial charge in [0.05, 0.1) is 41.8 Å². The predicted octanol–water partition coefficient (Wildman–Crippen LogP) is 4.76. The Balaban J connectivity index is 1.88. The first-order chi connectivity index (χ1) is 18.4. The Bertz CT molecular complexity index is 1510. The van der Waals surface area contributed by atoms with Gasteiger partial charge in [0.25, 0.3) is 5.91 Å². The van der Waals surface area contributed by atoms with E-state index in [0.29, 0.717) is 5.75 Å². The second kappa shape index (κ2) is 10.9. The van der Waals surface area contributed by atoms with Gasteiger partial charge in [0, 0.05) is 12.2 Å². The van der Waals surface area contributed by atoms with E-state index < -0.39 is 56.8 Å². The second-order valence-corrected chi connectivity index (χ2v) is 10.8. The van der Waals surface area contributed by atoms with Crippen molar-refractivity contribution in [2.24, 2.45) is 0 Å². The molecule has 1 heterocycles. The van der Waals surface area contributed by atoms with Gasteiger partial charge in [-0.15, -0.1) is 0 Å². The van der Waals surface area contributed by atoms with Crippen molar-refractivity contribution in [3.05, 3.63) is 88.4 Å². The molecule has 0 aromatic heterocycles. The number of anilines is 1. The molecule has 0 N–H and O–H groups in total. The van der Waals surface area contributed by atoms with Crippen LogP contribution in [0.5, 0.6) is 5.75 Å².